The van der Waals surface area contributed by atoms with Gasteiger partial charge in [-0.25, -0.2) is 0 Å². The molecule has 0 fully saturated rings. The molecule has 0 saturated heterocycles. The van der Waals surface area contributed by atoms with Crippen LogP contribution in [0.5, 0.6) is 0 Å². The van der Waals surface area contributed by atoms with E-state index < -0.39 is 5.60 Å². The van der Waals surface area contributed by atoms with Crippen LogP contribution < -0.4 is 5.32 Å². The zero-order chi connectivity index (χ0) is 15.6. The molecule has 0 spiro atoms. The fourth-order valence-corrected chi connectivity index (χ4v) is 2.98. The highest BCUT2D eigenvalue weighted by atomic mass is 16.5. The number of benzene rings is 2. The van der Waals surface area contributed by atoms with Gasteiger partial charge in [-0.15, -0.1) is 0 Å². The normalized spacial score (nSPS) is 24.3. The zero-order valence-electron chi connectivity index (χ0n) is 13.2. The van der Waals surface area contributed by atoms with E-state index in [9.17, 15) is 5.11 Å². The number of anilines is 1. The topological polar surface area (TPSA) is 41.5 Å². The molecule has 116 valence electrons. The molecule has 2 aromatic rings. The second-order valence-corrected chi connectivity index (χ2v) is 6.48. The molecular weight excluding hydrogens is 274 g/mol. The summed E-state index contributed by atoms with van der Waals surface area (Å²) in [5, 5.41) is 14.9. The molecule has 0 saturated carbocycles. The molecule has 3 nitrogen and oxygen atoms in total. The summed E-state index contributed by atoms with van der Waals surface area (Å²) in [5.41, 5.74) is 1.45. The Morgan fingerprint density at radius 3 is 2.45 bits per heavy atom. The van der Waals surface area contributed by atoms with Crippen LogP contribution in [0.3, 0.4) is 0 Å². The number of hydrogen-bond acceptors (Lipinski definition) is 3. The standard InChI is InChI=1S/C19H23NO2/c1-18(2)14-20-17-11-7-6-10-16(17)19(21,12-13-22-18)15-8-4-3-5-9-15/h3-11,20-21H,12-14H2,1-2H3. The second-order valence-electron chi connectivity index (χ2n) is 6.48. The minimum atomic E-state index is -1.05. The van der Waals surface area contributed by atoms with E-state index in [-0.39, 0.29) is 5.60 Å². The molecule has 1 aliphatic rings. The van der Waals surface area contributed by atoms with Crippen molar-refractivity contribution in [1.82, 2.24) is 0 Å². The highest BCUT2D eigenvalue weighted by Gasteiger charge is 2.35. The first-order valence-corrected chi connectivity index (χ1v) is 7.77. The van der Waals surface area contributed by atoms with Crippen molar-refractivity contribution < 1.29 is 9.84 Å². The first kappa shape index (κ1) is 15.1. The number of aliphatic hydroxyl groups is 1. The number of hydrogen-bond donors (Lipinski definition) is 2. The minimum Gasteiger partial charge on any atom is -0.382 e. The summed E-state index contributed by atoms with van der Waals surface area (Å²) in [6.45, 7) is 5.34. The van der Waals surface area contributed by atoms with Crippen molar-refractivity contribution in [2.24, 2.45) is 0 Å². The van der Waals surface area contributed by atoms with Gasteiger partial charge in [0, 0.05) is 24.2 Å². The van der Waals surface area contributed by atoms with E-state index in [0.717, 1.165) is 16.8 Å². The molecular formula is C19H23NO2. The number of para-hydroxylation sites is 1. The van der Waals surface area contributed by atoms with Crippen LogP contribution in [-0.2, 0) is 10.3 Å². The van der Waals surface area contributed by atoms with Gasteiger partial charge in [-0.05, 0) is 25.5 Å². The molecule has 2 aromatic carbocycles. The van der Waals surface area contributed by atoms with E-state index >= 15 is 0 Å². The van der Waals surface area contributed by atoms with E-state index in [4.69, 9.17) is 4.74 Å². The molecule has 1 unspecified atom stereocenters. The molecule has 0 aliphatic carbocycles. The lowest BCUT2D eigenvalue weighted by molar-refractivity contribution is -0.0368. The van der Waals surface area contributed by atoms with Crippen LogP contribution in [0.25, 0.3) is 0 Å². The van der Waals surface area contributed by atoms with Crippen molar-refractivity contribution in [3.63, 3.8) is 0 Å². The van der Waals surface area contributed by atoms with Gasteiger partial charge in [-0.3, -0.25) is 0 Å². The number of nitrogens with one attached hydrogen (secondary N) is 1. The summed E-state index contributed by atoms with van der Waals surface area (Å²) in [7, 11) is 0. The van der Waals surface area contributed by atoms with Crippen molar-refractivity contribution in [2.45, 2.75) is 31.5 Å². The molecule has 0 amide bonds. The van der Waals surface area contributed by atoms with Crippen molar-refractivity contribution in [2.75, 3.05) is 18.5 Å². The van der Waals surface area contributed by atoms with Crippen molar-refractivity contribution in [1.29, 1.82) is 0 Å². The monoisotopic (exact) mass is 297 g/mol. The van der Waals surface area contributed by atoms with Crippen molar-refractivity contribution in [3.8, 4) is 0 Å². The molecule has 3 rings (SSSR count). The SMILES string of the molecule is CC1(C)CNc2ccccc2C(O)(c2ccccc2)CCO1. The number of ether oxygens (including phenoxy) is 1. The third-order valence-electron chi connectivity index (χ3n) is 4.29. The fraction of sp³-hybridized carbons (Fsp3) is 0.368. The Labute approximate surface area is 131 Å². The Balaban J connectivity index is 2.10. The Hall–Kier alpha value is -1.84. The first-order valence-electron chi connectivity index (χ1n) is 7.77. The van der Waals surface area contributed by atoms with Gasteiger partial charge in [0.05, 0.1) is 12.2 Å². The van der Waals surface area contributed by atoms with E-state index in [1.165, 1.54) is 0 Å². The molecule has 1 aliphatic heterocycles. The number of rotatable bonds is 1. The lowest BCUT2D eigenvalue weighted by Gasteiger charge is -2.30. The summed E-state index contributed by atoms with van der Waals surface area (Å²) >= 11 is 0. The minimum absolute atomic E-state index is 0.269. The summed E-state index contributed by atoms with van der Waals surface area (Å²) in [5.74, 6) is 0. The third kappa shape index (κ3) is 2.87. The maximum absolute atomic E-state index is 11.5. The molecule has 1 heterocycles. The average Bonchev–Trinajstić information content (AvgIpc) is 2.58. The van der Waals surface area contributed by atoms with Gasteiger partial charge in [-0.1, -0.05) is 48.5 Å². The zero-order valence-corrected chi connectivity index (χ0v) is 13.2. The first-order chi connectivity index (χ1) is 10.5. The van der Waals surface area contributed by atoms with E-state index in [1.807, 2.05) is 54.6 Å². The van der Waals surface area contributed by atoms with Gasteiger partial charge in [0.15, 0.2) is 0 Å². The summed E-state index contributed by atoms with van der Waals surface area (Å²) in [4.78, 5) is 0. The molecule has 2 N–H and O–H groups in total. The Morgan fingerprint density at radius 1 is 1.00 bits per heavy atom. The predicted octanol–water partition coefficient (Wildman–Crippen LogP) is 3.53. The maximum atomic E-state index is 11.5. The van der Waals surface area contributed by atoms with E-state index in [0.29, 0.717) is 19.6 Å². The van der Waals surface area contributed by atoms with E-state index in [2.05, 4.69) is 19.2 Å². The van der Waals surface area contributed by atoms with Crippen LogP contribution in [-0.4, -0.2) is 23.9 Å². The molecule has 3 heteroatoms. The van der Waals surface area contributed by atoms with E-state index in [1.54, 1.807) is 0 Å². The Bertz CT molecular complexity index is 639. The molecule has 22 heavy (non-hydrogen) atoms. The lowest BCUT2D eigenvalue weighted by atomic mass is 9.83. The highest BCUT2D eigenvalue weighted by molar-refractivity contribution is 5.57. The van der Waals surface area contributed by atoms with Crippen LogP contribution in [0.15, 0.2) is 54.6 Å². The number of fused-ring (bicyclic) bond motifs is 1. The largest absolute Gasteiger partial charge is 0.382 e. The van der Waals surface area contributed by atoms with Gasteiger partial charge >= 0.3 is 0 Å². The molecule has 0 bridgehead atoms. The summed E-state index contributed by atoms with van der Waals surface area (Å²) in [6, 6.07) is 17.8. The second kappa shape index (κ2) is 5.75. The molecule has 1 atom stereocenters. The van der Waals surface area contributed by atoms with Crippen LogP contribution in [0.4, 0.5) is 5.69 Å². The van der Waals surface area contributed by atoms with Crippen molar-refractivity contribution in [3.05, 3.63) is 65.7 Å². The van der Waals surface area contributed by atoms with Gasteiger partial charge in [0.1, 0.15) is 5.60 Å². The van der Waals surface area contributed by atoms with Crippen LogP contribution in [0, 0.1) is 0 Å². The Morgan fingerprint density at radius 2 is 1.68 bits per heavy atom. The van der Waals surface area contributed by atoms with Crippen molar-refractivity contribution >= 4 is 5.69 Å². The van der Waals surface area contributed by atoms with Crippen LogP contribution in [0.1, 0.15) is 31.4 Å². The van der Waals surface area contributed by atoms with Crippen LogP contribution >= 0.6 is 0 Å². The van der Waals surface area contributed by atoms with Crippen LogP contribution in [0.2, 0.25) is 0 Å². The molecule has 0 aromatic heterocycles. The predicted molar refractivity (Wildman–Crippen MR) is 89.0 cm³/mol. The van der Waals surface area contributed by atoms with Gasteiger partial charge in [0.25, 0.3) is 0 Å². The maximum Gasteiger partial charge on any atom is 0.119 e. The summed E-state index contributed by atoms with van der Waals surface area (Å²) < 4.78 is 5.98. The van der Waals surface area contributed by atoms with Gasteiger partial charge in [-0.2, -0.15) is 0 Å². The highest BCUT2D eigenvalue weighted by Crippen LogP contribution is 2.38. The quantitative estimate of drug-likeness (QED) is 0.846. The van der Waals surface area contributed by atoms with Gasteiger partial charge < -0.3 is 15.2 Å². The fourth-order valence-electron chi connectivity index (χ4n) is 2.98. The smallest absolute Gasteiger partial charge is 0.119 e. The van der Waals surface area contributed by atoms with Gasteiger partial charge in [0.2, 0.25) is 0 Å². The summed E-state index contributed by atoms with van der Waals surface area (Å²) in [6.07, 6.45) is 0.527. The molecule has 0 radical (unpaired) electrons. The Kier molecular flexibility index (Phi) is 3.94. The third-order valence-corrected chi connectivity index (χ3v) is 4.29. The average molecular weight is 297 g/mol. The lowest BCUT2D eigenvalue weighted by Crippen LogP contribution is -2.34.